The first kappa shape index (κ1) is 26.1. The molecule has 1 aromatic carbocycles. The van der Waals surface area contributed by atoms with E-state index in [1.54, 1.807) is 0 Å². The number of nitrogens with zero attached hydrogens (tertiary/aromatic N) is 1. The monoisotopic (exact) mass is 401 g/mol. The average Bonchev–Trinajstić information content (AvgIpc) is 2.63. The molecule has 0 aromatic heterocycles. The van der Waals surface area contributed by atoms with Crippen LogP contribution in [0.25, 0.3) is 0 Å². The van der Waals surface area contributed by atoms with E-state index in [1.807, 2.05) is 0 Å². The molecule has 0 aliphatic heterocycles. The van der Waals surface area contributed by atoms with E-state index in [0.717, 1.165) is 0 Å². The van der Waals surface area contributed by atoms with Gasteiger partial charge < -0.3 is 9.04 Å². The zero-order valence-corrected chi connectivity index (χ0v) is 18.5. The Balaban J connectivity index is 0.000000821. The lowest BCUT2D eigenvalue weighted by atomic mass is 10.1. The molecule has 0 N–H and O–H groups in total. The van der Waals surface area contributed by atoms with Gasteiger partial charge in [-0.2, -0.15) is 0 Å². The Hall–Kier alpha value is -0.950. The van der Waals surface area contributed by atoms with Crippen molar-refractivity contribution >= 4 is 10.4 Å². The largest absolute Gasteiger partial charge is 0.726 e. The molecule has 0 aliphatic carbocycles. The molecule has 1 rings (SSSR count). The lowest BCUT2D eigenvalue weighted by Crippen LogP contribution is -2.49. The van der Waals surface area contributed by atoms with Crippen LogP contribution < -0.4 is 0 Å². The van der Waals surface area contributed by atoms with Gasteiger partial charge in [0.1, 0.15) is 6.54 Å². The lowest BCUT2D eigenvalue weighted by Gasteiger charge is -2.39. The van der Waals surface area contributed by atoms with Crippen molar-refractivity contribution in [3.63, 3.8) is 0 Å². The zero-order chi connectivity index (χ0) is 20.6. The van der Waals surface area contributed by atoms with Crippen molar-refractivity contribution in [2.24, 2.45) is 0 Å². The van der Waals surface area contributed by atoms with Gasteiger partial charge in [0.05, 0.1) is 26.2 Å². The summed E-state index contributed by atoms with van der Waals surface area (Å²) in [6.45, 7) is 13.6. The van der Waals surface area contributed by atoms with E-state index < -0.39 is 10.4 Å². The predicted molar refractivity (Wildman–Crippen MR) is 111 cm³/mol. The highest BCUT2D eigenvalue weighted by Gasteiger charge is 2.25. The Morgan fingerprint density at radius 3 is 1.59 bits per heavy atom. The molecule has 0 saturated carbocycles. The van der Waals surface area contributed by atoms with Crippen LogP contribution in [0, 0.1) is 0 Å². The van der Waals surface area contributed by atoms with Gasteiger partial charge in [0.25, 0.3) is 0 Å². The third-order valence-corrected chi connectivity index (χ3v) is 5.11. The van der Waals surface area contributed by atoms with Crippen molar-refractivity contribution in [2.75, 3.05) is 26.2 Å². The third-order valence-electron chi connectivity index (χ3n) is 4.58. The first-order valence-corrected chi connectivity index (χ1v) is 11.6. The van der Waals surface area contributed by atoms with Crippen molar-refractivity contribution in [3.8, 4) is 0 Å². The van der Waals surface area contributed by atoms with E-state index in [2.05, 4.69) is 55.3 Å². The summed E-state index contributed by atoms with van der Waals surface area (Å²) in [6.07, 6.45) is 8.02. The standard InChI is InChI=1S/C19H34N.C2H6O4S/c1-4-7-15-20(16-8-5-2,17-9-6-3)18-19-13-11-10-12-14-19;1-2-6-7(3,4)5/h10-14H,4-9,15-18H2,1-3H3;2H2,1H3,(H,3,4,5)/q+1;/p-1. The molecule has 0 heterocycles. The van der Waals surface area contributed by atoms with E-state index in [9.17, 15) is 13.0 Å². The van der Waals surface area contributed by atoms with Crippen LogP contribution in [0.2, 0.25) is 0 Å². The summed E-state index contributed by atoms with van der Waals surface area (Å²) in [5, 5.41) is 0. The van der Waals surface area contributed by atoms with E-state index in [-0.39, 0.29) is 6.61 Å². The van der Waals surface area contributed by atoms with Gasteiger partial charge in [-0.3, -0.25) is 4.18 Å². The maximum atomic E-state index is 9.45. The van der Waals surface area contributed by atoms with E-state index in [1.165, 1.54) is 81.7 Å². The number of hydrogen-bond donors (Lipinski definition) is 0. The fourth-order valence-electron chi connectivity index (χ4n) is 3.17. The van der Waals surface area contributed by atoms with E-state index >= 15 is 0 Å². The Morgan fingerprint density at radius 1 is 0.852 bits per heavy atom. The maximum Gasteiger partial charge on any atom is 0.217 e. The van der Waals surface area contributed by atoms with Crippen LogP contribution in [-0.4, -0.2) is 43.7 Å². The number of rotatable bonds is 13. The second kappa shape index (κ2) is 15.0. The molecule has 0 aliphatic rings. The first-order valence-electron chi connectivity index (χ1n) is 10.3. The Labute approximate surface area is 167 Å². The SMILES string of the molecule is CCCC[N+](CCCC)(CCCC)Cc1ccccc1.CCOS(=O)(=O)[O-]. The molecule has 0 bridgehead atoms. The third kappa shape index (κ3) is 13.8. The molecule has 27 heavy (non-hydrogen) atoms. The smallest absolute Gasteiger partial charge is 0.217 e. The summed E-state index contributed by atoms with van der Waals surface area (Å²) in [5.41, 5.74) is 1.51. The van der Waals surface area contributed by atoms with E-state index in [4.69, 9.17) is 0 Å². The highest BCUT2D eigenvalue weighted by Crippen LogP contribution is 2.19. The minimum atomic E-state index is -4.42. The van der Waals surface area contributed by atoms with Crippen LogP contribution >= 0.6 is 0 Å². The van der Waals surface area contributed by atoms with E-state index in [0.29, 0.717) is 0 Å². The summed E-state index contributed by atoms with van der Waals surface area (Å²) >= 11 is 0. The summed E-state index contributed by atoms with van der Waals surface area (Å²) in [5.74, 6) is 0. The molecule has 1 aromatic rings. The van der Waals surface area contributed by atoms with Crippen molar-refractivity contribution in [3.05, 3.63) is 35.9 Å². The molecule has 5 nitrogen and oxygen atoms in total. The van der Waals surface area contributed by atoms with Crippen LogP contribution in [0.4, 0.5) is 0 Å². The van der Waals surface area contributed by atoms with Crippen molar-refractivity contribution < 1.29 is 21.6 Å². The Morgan fingerprint density at radius 2 is 1.30 bits per heavy atom. The number of benzene rings is 1. The van der Waals surface area contributed by atoms with Gasteiger partial charge in [-0.05, 0) is 26.2 Å². The average molecular weight is 402 g/mol. The van der Waals surface area contributed by atoms with Gasteiger partial charge in [-0.25, -0.2) is 8.42 Å². The van der Waals surface area contributed by atoms with Crippen LogP contribution in [0.3, 0.4) is 0 Å². The van der Waals surface area contributed by atoms with Gasteiger partial charge in [-0.1, -0.05) is 70.4 Å². The van der Waals surface area contributed by atoms with Crippen LogP contribution in [-0.2, 0) is 21.1 Å². The quantitative estimate of drug-likeness (QED) is 0.268. The highest BCUT2D eigenvalue weighted by molar-refractivity contribution is 7.80. The minimum Gasteiger partial charge on any atom is -0.726 e. The minimum absolute atomic E-state index is 0.0914. The molecule has 6 heteroatoms. The molecule has 0 amide bonds. The summed E-state index contributed by atoms with van der Waals surface area (Å²) in [4.78, 5) is 0. The van der Waals surface area contributed by atoms with Gasteiger partial charge in [0, 0.05) is 5.56 Å². The number of unbranched alkanes of at least 4 members (excludes halogenated alkanes) is 3. The summed E-state index contributed by atoms with van der Waals surface area (Å²) in [7, 11) is -4.42. The van der Waals surface area contributed by atoms with Crippen molar-refractivity contribution in [1.29, 1.82) is 0 Å². The van der Waals surface area contributed by atoms with Crippen molar-refractivity contribution in [2.45, 2.75) is 72.8 Å². The normalized spacial score (nSPS) is 11.7. The molecular weight excluding hydrogens is 362 g/mol. The van der Waals surface area contributed by atoms with Gasteiger partial charge in [0.2, 0.25) is 10.4 Å². The molecule has 0 fully saturated rings. The second-order valence-corrected chi connectivity index (χ2v) is 8.08. The van der Waals surface area contributed by atoms with Crippen LogP contribution in [0.1, 0.15) is 71.8 Å². The van der Waals surface area contributed by atoms with Gasteiger partial charge >= 0.3 is 0 Å². The van der Waals surface area contributed by atoms with Crippen LogP contribution in [0.15, 0.2) is 30.3 Å². The van der Waals surface area contributed by atoms with Crippen LogP contribution in [0.5, 0.6) is 0 Å². The number of hydrogen-bond acceptors (Lipinski definition) is 4. The summed E-state index contributed by atoms with van der Waals surface area (Å²) < 4.78 is 33.3. The lowest BCUT2D eigenvalue weighted by molar-refractivity contribution is -0.941. The molecular formula is C21H39NO4S. The first-order chi connectivity index (χ1) is 12.8. The molecule has 0 atom stereocenters. The fraction of sp³-hybridized carbons (Fsp3) is 0.714. The molecule has 0 saturated heterocycles. The fourth-order valence-corrected chi connectivity index (χ4v) is 3.46. The zero-order valence-electron chi connectivity index (χ0n) is 17.7. The summed E-state index contributed by atoms with van der Waals surface area (Å²) in [6, 6.07) is 11.1. The van der Waals surface area contributed by atoms with Crippen molar-refractivity contribution in [1.82, 2.24) is 0 Å². The molecule has 0 radical (unpaired) electrons. The Bertz CT molecular complexity index is 539. The second-order valence-electron chi connectivity index (χ2n) is 7.03. The molecule has 0 spiro atoms. The molecule has 0 unspecified atom stereocenters. The number of quaternary nitrogens is 1. The topological polar surface area (TPSA) is 66.4 Å². The molecule has 158 valence electrons. The van der Waals surface area contributed by atoms with Gasteiger partial charge in [0.15, 0.2) is 0 Å². The highest BCUT2D eigenvalue weighted by atomic mass is 32.3. The van der Waals surface area contributed by atoms with Gasteiger partial charge in [-0.15, -0.1) is 0 Å². The predicted octanol–water partition coefficient (Wildman–Crippen LogP) is 4.89. The maximum absolute atomic E-state index is 9.45. The Kier molecular flexibility index (Phi) is 14.5.